The van der Waals surface area contributed by atoms with Gasteiger partial charge in [0.05, 0.1) is 6.61 Å². The van der Waals surface area contributed by atoms with Gasteiger partial charge >= 0.3 is 0 Å². The van der Waals surface area contributed by atoms with Gasteiger partial charge in [-0.1, -0.05) is 18.2 Å². The van der Waals surface area contributed by atoms with Crippen LogP contribution in [0, 0.1) is 0 Å². The van der Waals surface area contributed by atoms with Crippen LogP contribution in [0.5, 0.6) is 0 Å². The zero-order valence-corrected chi connectivity index (χ0v) is 16.5. The molecule has 1 saturated heterocycles. The lowest BCUT2D eigenvalue weighted by Crippen LogP contribution is -2.41. The first-order chi connectivity index (χ1) is 15.1. The molecule has 1 aromatic heterocycles. The molecule has 9 nitrogen and oxygen atoms in total. The van der Waals surface area contributed by atoms with Crippen LogP contribution in [0.1, 0.15) is 21.0 Å². The molecule has 0 radical (unpaired) electrons. The van der Waals surface area contributed by atoms with Gasteiger partial charge in [-0.3, -0.25) is 19.3 Å². The van der Waals surface area contributed by atoms with Gasteiger partial charge < -0.3 is 15.4 Å². The van der Waals surface area contributed by atoms with Gasteiger partial charge in [0.15, 0.2) is 11.4 Å². The molecule has 1 fully saturated rings. The molecule has 4 rings (SSSR count). The Hall–Kier alpha value is -4.11. The first kappa shape index (κ1) is 20.2. The standard InChI is InChI=1S/C22H19N5O4/c23-21(29)19-20(25-11-10-24-19)22(30)27(16-4-2-1-3-5-16)17-8-6-15(7-9-17)26-12-13-31-14-18(26)28/h1-11H,12-14H2,(H2,23,29). The fourth-order valence-electron chi connectivity index (χ4n) is 3.31. The van der Waals surface area contributed by atoms with E-state index in [9.17, 15) is 14.4 Å². The third-order valence-corrected chi connectivity index (χ3v) is 4.76. The van der Waals surface area contributed by atoms with E-state index in [1.54, 1.807) is 53.4 Å². The van der Waals surface area contributed by atoms with Crippen molar-refractivity contribution in [2.75, 3.05) is 29.6 Å². The monoisotopic (exact) mass is 417 g/mol. The zero-order valence-electron chi connectivity index (χ0n) is 16.5. The number of ether oxygens (including phenoxy) is 1. The van der Waals surface area contributed by atoms with Crippen LogP contribution in [0.25, 0.3) is 0 Å². The average molecular weight is 417 g/mol. The average Bonchev–Trinajstić information content (AvgIpc) is 2.81. The molecule has 2 aromatic carbocycles. The molecular formula is C22H19N5O4. The summed E-state index contributed by atoms with van der Waals surface area (Å²) in [5.41, 5.74) is 6.84. The molecule has 1 aliphatic heterocycles. The fraction of sp³-hybridized carbons (Fsp3) is 0.136. The first-order valence-electron chi connectivity index (χ1n) is 9.55. The zero-order chi connectivity index (χ0) is 21.8. The maximum absolute atomic E-state index is 13.4. The number of anilines is 3. The maximum atomic E-state index is 13.4. The molecule has 0 spiro atoms. The number of hydrogen-bond donors (Lipinski definition) is 1. The highest BCUT2D eigenvalue weighted by molar-refractivity contribution is 6.14. The summed E-state index contributed by atoms with van der Waals surface area (Å²) < 4.78 is 5.17. The van der Waals surface area contributed by atoms with Gasteiger partial charge in [0.1, 0.15) is 6.61 Å². The molecule has 9 heteroatoms. The summed E-state index contributed by atoms with van der Waals surface area (Å²) in [6.45, 7) is 0.963. The molecule has 3 aromatic rings. The molecule has 2 N–H and O–H groups in total. The number of para-hydroxylation sites is 1. The van der Waals surface area contributed by atoms with E-state index in [0.29, 0.717) is 30.2 Å². The fourth-order valence-corrected chi connectivity index (χ4v) is 3.31. The Labute approximate surface area is 178 Å². The van der Waals surface area contributed by atoms with Crippen LogP contribution in [0.15, 0.2) is 67.0 Å². The van der Waals surface area contributed by atoms with Crippen molar-refractivity contribution in [3.05, 3.63) is 78.4 Å². The van der Waals surface area contributed by atoms with Gasteiger partial charge in [-0.15, -0.1) is 0 Å². The van der Waals surface area contributed by atoms with Crippen LogP contribution in [-0.2, 0) is 9.53 Å². The largest absolute Gasteiger partial charge is 0.370 e. The summed E-state index contributed by atoms with van der Waals surface area (Å²) in [7, 11) is 0. The van der Waals surface area contributed by atoms with E-state index in [1.807, 2.05) is 6.07 Å². The van der Waals surface area contributed by atoms with Gasteiger partial charge in [-0.25, -0.2) is 9.97 Å². The quantitative estimate of drug-likeness (QED) is 0.677. The van der Waals surface area contributed by atoms with E-state index < -0.39 is 11.8 Å². The van der Waals surface area contributed by atoms with Crippen LogP contribution < -0.4 is 15.5 Å². The van der Waals surface area contributed by atoms with Crippen molar-refractivity contribution in [3.8, 4) is 0 Å². The lowest BCUT2D eigenvalue weighted by Gasteiger charge is -2.28. The SMILES string of the molecule is NC(=O)c1nccnc1C(=O)N(c1ccccc1)c1ccc(N2CCOCC2=O)cc1. The number of morpholine rings is 1. The second kappa shape index (κ2) is 8.72. The number of nitrogens with zero attached hydrogens (tertiary/aromatic N) is 4. The van der Waals surface area contributed by atoms with Crippen molar-refractivity contribution in [2.45, 2.75) is 0 Å². The Morgan fingerprint density at radius 1 is 0.935 bits per heavy atom. The number of nitrogens with two attached hydrogens (primary N) is 1. The van der Waals surface area contributed by atoms with Crippen molar-refractivity contribution >= 4 is 34.8 Å². The molecule has 2 heterocycles. The summed E-state index contributed by atoms with van der Waals surface area (Å²) in [6, 6.07) is 15.9. The predicted octanol–water partition coefficient (Wildman–Crippen LogP) is 1.92. The molecule has 0 bridgehead atoms. The predicted molar refractivity (Wildman–Crippen MR) is 113 cm³/mol. The maximum Gasteiger partial charge on any atom is 0.283 e. The molecule has 3 amide bonds. The van der Waals surface area contributed by atoms with E-state index in [1.165, 1.54) is 17.3 Å². The Kier molecular flexibility index (Phi) is 5.67. The van der Waals surface area contributed by atoms with E-state index in [-0.39, 0.29) is 23.9 Å². The minimum Gasteiger partial charge on any atom is -0.370 e. The van der Waals surface area contributed by atoms with Crippen molar-refractivity contribution in [1.29, 1.82) is 0 Å². The molecular weight excluding hydrogens is 398 g/mol. The third kappa shape index (κ3) is 4.12. The van der Waals surface area contributed by atoms with Crippen molar-refractivity contribution in [3.63, 3.8) is 0 Å². The number of rotatable bonds is 5. The van der Waals surface area contributed by atoms with Gasteiger partial charge in [-0.2, -0.15) is 0 Å². The minimum absolute atomic E-state index is 0.0406. The van der Waals surface area contributed by atoms with Crippen LogP contribution in [0.3, 0.4) is 0 Å². The van der Waals surface area contributed by atoms with Crippen molar-refractivity contribution < 1.29 is 19.1 Å². The number of aromatic nitrogens is 2. The Morgan fingerprint density at radius 3 is 2.23 bits per heavy atom. The lowest BCUT2D eigenvalue weighted by molar-refractivity contribution is -0.125. The highest BCUT2D eigenvalue weighted by Gasteiger charge is 2.27. The van der Waals surface area contributed by atoms with Gasteiger partial charge in [0.2, 0.25) is 0 Å². The summed E-state index contributed by atoms with van der Waals surface area (Å²) in [5.74, 6) is -1.52. The minimum atomic E-state index is -0.842. The Bertz CT molecular complexity index is 1120. The number of amides is 3. The van der Waals surface area contributed by atoms with Gasteiger partial charge in [0, 0.05) is 36.0 Å². The highest BCUT2D eigenvalue weighted by Crippen LogP contribution is 2.29. The summed E-state index contributed by atoms with van der Waals surface area (Å²) in [4.78, 5) is 48.3. The van der Waals surface area contributed by atoms with Crippen LogP contribution in [0.2, 0.25) is 0 Å². The first-order valence-corrected chi connectivity index (χ1v) is 9.55. The topological polar surface area (TPSA) is 119 Å². The number of carbonyl (C=O) groups excluding carboxylic acids is 3. The number of hydrogen-bond acceptors (Lipinski definition) is 6. The summed E-state index contributed by atoms with van der Waals surface area (Å²) in [5, 5.41) is 0. The molecule has 156 valence electrons. The van der Waals surface area contributed by atoms with E-state index in [0.717, 1.165) is 0 Å². The van der Waals surface area contributed by atoms with Crippen LogP contribution in [-0.4, -0.2) is 47.4 Å². The Morgan fingerprint density at radius 2 is 1.58 bits per heavy atom. The lowest BCUT2D eigenvalue weighted by atomic mass is 10.1. The van der Waals surface area contributed by atoms with E-state index in [2.05, 4.69) is 9.97 Å². The van der Waals surface area contributed by atoms with Crippen LogP contribution >= 0.6 is 0 Å². The Balaban J connectivity index is 1.74. The molecule has 0 aliphatic carbocycles. The smallest absolute Gasteiger partial charge is 0.283 e. The molecule has 0 saturated carbocycles. The normalized spacial score (nSPS) is 13.7. The van der Waals surface area contributed by atoms with Crippen molar-refractivity contribution in [2.24, 2.45) is 5.73 Å². The van der Waals surface area contributed by atoms with Gasteiger partial charge in [-0.05, 0) is 36.4 Å². The van der Waals surface area contributed by atoms with E-state index in [4.69, 9.17) is 10.5 Å². The highest BCUT2D eigenvalue weighted by atomic mass is 16.5. The molecule has 0 atom stereocenters. The molecule has 31 heavy (non-hydrogen) atoms. The number of benzene rings is 2. The summed E-state index contributed by atoms with van der Waals surface area (Å²) in [6.07, 6.45) is 2.63. The number of primary amides is 1. The third-order valence-electron chi connectivity index (χ3n) is 4.76. The molecule has 0 unspecified atom stereocenters. The van der Waals surface area contributed by atoms with Crippen molar-refractivity contribution in [1.82, 2.24) is 9.97 Å². The van der Waals surface area contributed by atoms with Crippen LogP contribution in [0.4, 0.5) is 17.1 Å². The molecule has 1 aliphatic rings. The number of carbonyl (C=O) groups is 3. The van der Waals surface area contributed by atoms with E-state index >= 15 is 0 Å². The second-order valence-corrected chi connectivity index (χ2v) is 6.71. The van der Waals surface area contributed by atoms with Gasteiger partial charge in [0.25, 0.3) is 17.7 Å². The second-order valence-electron chi connectivity index (χ2n) is 6.71. The summed E-state index contributed by atoms with van der Waals surface area (Å²) >= 11 is 0.